The zero-order valence-electron chi connectivity index (χ0n) is 12.7. The van der Waals surface area contributed by atoms with Crippen molar-refractivity contribution in [3.05, 3.63) is 53.9 Å². The maximum atomic E-state index is 12.3. The number of nitrogens with one attached hydrogen (secondary N) is 2. The molecule has 0 atom stereocenters. The molecule has 6 heteroatoms. The number of aromatic nitrogens is 1. The van der Waals surface area contributed by atoms with E-state index in [0.29, 0.717) is 11.4 Å². The van der Waals surface area contributed by atoms with E-state index >= 15 is 0 Å². The number of benzene rings is 1. The number of rotatable bonds is 5. The second-order valence-electron chi connectivity index (χ2n) is 5.34. The van der Waals surface area contributed by atoms with Crippen molar-refractivity contribution in [1.29, 1.82) is 0 Å². The summed E-state index contributed by atoms with van der Waals surface area (Å²) in [6.45, 7) is 0. The van der Waals surface area contributed by atoms with Crippen molar-refractivity contribution in [2.45, 2.75) is 18.9 Å². The largest absolute Gasteiger partial charge is 0.497 e. The predicted octanol–water partition coefficient (Wildman–Crippen LogP) is 2.23. The number of methoxy groups -OCH3 is 1. The van der Waals surface area contributed by atoms with E-state index in [4.69, 9.17) is 4.74 Å². The fraction of sp³-hybridized carbons (Fsp3) is 0.235. The van der Waals surface area contributed by atoms with Gasteiger partial charge in [-0.3, -0.25) is 9.59 Å². The van der Waals surface area contributed by atoms with Gasteiger partial charge in [0.25, 0.3) is 11.8 Å². The minimum atomic E-state index is -0.376. The number of carbonyl (C=O) groups excluding carboxylic acids is 2. The van der Waals surface area contributed by atoms with Crippen LogP contribution in [0.25, 0.3) is 0 Å². The van der Waals surface area contributed by atoms with Gasteiger partial charge in [-0.15, -0.1) is 0 Å². The van der Waals surface area contributed by atoms with Crippen LogP contribution in [0.3, 0.4) is 0 Å². The molecule has 118 valence electrons. The highest BCUT2D eigenvalue weighted by Crippen LogP contribution is 2.19. The summed E-state index contributed by atoms with van der Waals surface area (Å²) in [5.41, 5.74) is 1.04. The molecule has 1 aromatic heterocycles. The second-order valence-corrected chi connectivity index (χ2v) is 5.34. The average molecular weight is 311 g/mol. The van der Waals surface area contributed by atoms with Gasteiger partial charge in [0.1, 0.15) is 17.1 Å². The maximum absolute atomic E-state index is 12.3. The smallest absolute Gasteiger partial charge is 0.274 e. The number of ether oxygens (including phenoxy) is 1. The Morgan fingerprint density at radius 1 is 1.09 bits per heavy atom. The molecule has 1 aliphatic rings. The molecule has 6 nitrogen and oxygen atoms in total. The number of nitrogens with zero attached hydrogens (tertiary/aromatic N) is 1. The molecule has 2 aromatic rings. The van der Waals surface area contributed by atoms with Crippen LogP contribution in [0.5, 0.6) is 5.75 Å². The van der Waals surface area contributed by atoms with Crippen molar-refractivity contribution >= 4 is 17.5 Å². The third kappa shape index (κ3) is 3.85. The Bertz CT molecular complexity index is 741. The topological polar surface area (TPSA) is 80.3 Å². The molecule has 0 aliphatic heterocycles. The molecule has 0 spiro atoms. The molecule has 0 unspecified atom stereocenters. The van der Waals surface area contributed by atoms with Crippen LogP contribution in [0.2, 0.25) is 0 Å². The van der Waals surface area contributed by atoms with Gasteiger partial charge in [-0.1, -0.05) is 12.1 Å². The highest BCUT2D eigenvalue weighted by atomic mass is 16.5. The maximum Gasteiger partial charge on any atom is 0.274 e. The lowest BCUT2D eigenvalue weighted by Crippen LogP contribution is -2.27. The number of carbonyl (C=O) groups is 2. The standard InChI is InChI=1S/C17H17N3O3/c1-23-13-5-2-4-12(10-13)19-17(22)15-7-3-6-14(20-15)16(21)18-11-8-9-11/h2-7,10-11H,8-9H2,1H3,(H,18,21)(H,19,22). The van der Waals surface area contributed by atoms with Crippen LogP contribution in [-0.2, 0) is 0 Å². The Labute approximate surface area is 133 Å². The third-order valence-corrected chi connectivity index (χ3v) is 3.45. The Morgan fingerprint density at radius 3 is 2.48 bits per heavy atom. The van der Waals surface area contributed by atoms with Crippen LogP contribution in [0, 0.1) is 0 Å². The van der Waals surface area contributed by atoms with Crippen LogP contribution in [0.4, 0.5) is 5.69 Å². The Morgan fingerprint density at radius 2 is 1.78 bits per heavy atom. The molecule has 1 aliphatic carbocycles. The Kier molecular flexibility index (Phi) is 4.23. The van der Waals surface area contributed by atoms with E-state index in [-0.39, 0.29) is 29.2 Å². The van der Waals surface area contributed by atoms with Crippen LogP contribution in [-0.4, -0.2) is 29.9 Å². The summed E-state index contributed by atoms with van der Waals surface area (Å²) < 4.78 is 5.12. The fourth-order valence-electron chi connectivity index (χ4n) is 2.07. The highest BCUT2D eigenvalue weighted by molar-refractivity contribution is 6.04. The molecule has 1 aromatic carbocycles. The van der Waals surface area contributed by atoms with Crippen LogP contribution in [0.1, 0.15) is 33.8 Å². The van der Waals surface area contributed by atoms with Gasteiger partial charge in [-0.05, 0) is 37.1 Å². The van der Waals surface area contributed by atoms with Crippen molar-refractivity contribution in [1.82, 2.24) is 10.3 Å². The van der Waals surface area contributed by atoms with Gasteiger partial charge in [0, 0.05) is 17.8 Å². The predicted molar refractivity (Wildman–Crippen MR) is 85.7 cm³/mol. The number of hydrogen-bond donors (Lipinski definition) is 2. The Balaban J connectivity index is 1.72. The van der Waals surface area contributed by atoms with Crippen molar-refractivity contribution in [3.63, 3.8) is 0 Å². The molecule has 2 N–H and O–H groups in total. The van der Waals surface area contributed by atoms with Crippen molar-refractivity contribution in [3.8, 4) is 5.75 Å². The second kappa shape index (κ2) is 6.48. The molecule has 1 saturated carbocycles. The average Bonchev–Trinajstić information content (AvgIpc) is 3.39. The van der Waals surface area contributed by atoms with Crippen LogP contribution < -0.4 is 15.4 Å². The van der Waals surface area contributed by atoms with E-state index in [9.17, 15) is 9.59 Å². The molecule has 0 radical (unpaired) electrons. The molecule has 2 amide bonds. The minimum absolute atomic E-state index is 0.191. The molecule has 23 heavy (non-hydrogen) atoms. The molecular formula is C17H17N3O3. The van der Waals surface area contributed by atoms with E-state index in [1.807, 2.05) is 0 Å². The first-order valence-corrected chi connectivity index (χ1v) is 7.39. The van der Waals surface area contributed by atoms with E-state index in [1.165, 1.54) is 0 Å². The molecule has 0 bridgehead atoms. The third-order valence-electron chi connectivity index (χ3n) is 3.45. The monoisotopic (exact) mass is 311 g/mol. The fourth-order valence-corrected chi connectivity index (χ4v) is 2.07. The number of amides is 2. The minimum Gasteiger partial charge on any atom is -0.497 e. The van der Waals surface area contributed by atoms with Crippen molar-refractivity contribution in [2.24, 2.45) is 0 Å². The first-order chi connectivity index (χ1) is 11.2. The lowest BCUT2D eigenvalue weighted by molar-refractivity contribution is 0.0946. The van der Waals surface area contributed by atoms with Gasteiger partial charge in [0.15, 0.2) is 0 Å². The zero-order valence-corrected chi connectivity index (χ0v) is 12.7. The zero-order chi connectivity index (χ0) is 16.2. The summed E-state index contributed by atoms with van der Waals surface area (Å²) in [5, 5.41) is 5.59. The van der Waals surface area contributed by atoms with Gasteiger partial charge < -0.3 is 15.4 Å². The lowest BCUT2D eigenvalue weighted by Gasteiger charge is -2.08. The van der Waals surface area contributed by atoms with Gasteiger partial charge in [-0.25, -0.2) is 4.98 Å². The quantitative estimate of drug-likeness (QED) is 0.887. The SMILES string of the molecule is COc1cccc(NC(=O)c2cccc(C(=O)NC3CC3)n2)c1. The van der Waals surface area contributed by atoms with E-state index in [1.54, 1.807) is 49.6 Å². The Hall–Kier alpha value is -2.89. The number of anilines is 1. The van der Waals surface area contributed by atoms with E-state index in [0.717, 1.165) is 12.8 Å². The number of hydrogen-bond acceptors (Lipinski definition) is 4. The van der Waals surface area contributed by atoms with Gasteiger partial charge in [-0.2, -0.15) is 0 Å². The van der Waals surface area contributed by atoms with Crippen molar-refractivity contribution in [2.75, 3.05) is 12.4 Å². The molecule has 3 rings (SSSR count). The lowest BCUT2D eigenvalue weighted by atomic mass is 10.2. The van der Waals surface area contributed by atoms with Crippen LogP contribution in [0.15, 0.2) is 42.5 Å². The molecular weight excluding hydrogens is 294 g/mol. The van der Waals surface area contributed by atoms with Gasteiger partial charge in [0.2, 0.25) is 0 Å². The summed E-state index contributed by atoms with van der Waals surface area (Å²) in [6.07, 6.45) is 2.00. The normalized spacial score (nSPS) is 13.3. The van der Waals surface area contributed by atoms with Crippen LogP contribution >= 0.6 is 0 Å². The van der Waals surface area contributed by atoms with E-state index < -0.39 is 0 Å². The van der Waals surface area contributed by atoms with Gasteiger partial charge >= 0.3 is 0 Å². The molecule has 1 fully saturated rings. The molecule has 1 heterocycles. The first-order valence-electron chi connectivity index (χ1n) is 7.39. The van der Waals surface area contributed by atoms with Crippen molar-refractivity contribution < 1.29 is 14.3 Å². The van der Waals surface area contributed by atoms with E-state index in [2.05, 4.69) is 15.6 Å². The highest BCUT2D eigenvalue weighted by Gasteiger charge is 2.24. The first kappa shape index (κ1) is 15.0. The summed E-state index contributed by atoms with van der Waals surface area (Å²) in [6, 6.07) is 12.1. The summed E-state index contributed by atoms with van der Waals surface area (Å²) >= 11 is 0. The van der Waals surface area contributed by atoms with Gasteiger partial charge in [0.05, 0.1) is 7.11 Å². The number of pyridine rings is 1. The summed E-state index contributed by atoms with van der Waals surface area (Å²) in [4.78, 5) is 28.4. The molecule has 0 saturated heterocycles. The summed E-state index contributed by atoms with van der Waals surface area (Å²) in [7, 11) is 1.56. The summed E-state index contributed by atoms with van der Waals surface area (Å²) in [5.74, 6) is 0.0242.